The van der Waals surface area contributed by atoms with E-state index in [0.717, 1.165) is 25.3 Å². The minimum Gasteiger partial charge on any atom is -0.493 e. The van der Waals surface area contributed by atoms with Gasteiger partial charge in [0.2, 0.25) is 0 Å². The summed E-state index contributed by atoms with van der Waals surface area (Å²) in [5.74, 6) is -1.97. The Morgan fingerprint density at radius 1 is 1.23 bits per heavy atom. The van der Waals surface area contributed by atoms with Gasteiger partial charge >= 0.3 is 6.18 Å². The molecular formula is C23H20ClF5N4O2. The number of fused-ring (bicyclic) bond motifs is 1. The molecule has 0 amide bonds. The molecule has 0 aliphatic heterocycles. The van der Waals surface area contributed by atoms with Gasteiger partial charge in [0.25, 0.3) is 0 Å². The molecule has 1 aromatic heterocycles. The van der Waals surface area contributed by atoms with Gasteiger partial charge in [-0.3, -0.25) is 4.99 Å². The molecule has 3 rings (SSSR count). The van der Waals surface area contributed by atoms with Crippen LogP contribution in [0.5, 0.6) is 5.75 Å². The first kappa shape index (κ1) is 26.4. The number of aliphatic imine (C=N–C) groups is 1. The van der Waals surface area contributed by atoms with Crippen LogP contribution in [0.15, 0.2) is 35.5 Å². The molecule has 2 N–H and O–H groups in total. The number of alkyl halides is 3. The average Bonchev–Trinajstić information content (AvgIpc) is 2.77. The smallest absolute Gasteiger partial charge is 0.422 e. The molecule has 0 radical (unpaired) electrons. The van der Waals surface area contributed by atoms with Crippen LogP contribution in [0.25, 0.3) is 10.9 Å². The Labute approximate surface area is 202 Å². The molecule has 0 fully saturated rings. The lowest BCUT2D eigenvalue weighted by Crippen LogP contribution is -2.51. The molecule has 0 spiro atoms. The number of aryl methyl sites for hydroxylation is 1. The summed E-state index contributed by atoms with van der Waals surface area (Å²) in [6.07, 6.45) is -4.30. The number of benzene rings is 2. The van der Waals surface area contributed by atoms with E-state index in [0.29, 0.717) is 12.0 Å². The van der Waals surface area contributed by atoms with E-state index in [1.165, 1.54) is 19.2 Å². The normalized spacial score (nSPS) is 15.7. The second-order valence-electron chi connectivity index (χ2n) is 8.14. The van der Waals surface area contributed by atoms with Crippen molar-refractivity contribution in [3.8, 4) is 5.75 Å². The summed E-state index contributed by atoms with van der Waals surface area (Å²) in [5.41, 5.74) is -5.75. The maximum Gasteiger partial charge on any atom is 0.422 e. The van der Waals surface area contributed by atoms with Crippen molar-refractivity contribution in [2.24, 2.45) is 4.99 Å². The predicted molar refractivity (Wildman–Crippen MR) is 122 cm³/mol. The first-order valence-corrected chi connectivity index (χ1v) is 10.4. The van der Waals surface area contributed by atoms with Gasteiger partial charge in [0, 0.05) is 53.5 Å². The topological polar surface area (TPSA) is 91.5 Å². The third kappa shape index (κ3) is 5.10. The van der Waals surface area contributed by atoms with Gasteiger partial charge in [-0.2, -0.15) is 13.2 Å². The van der Waals surface area contributed by atoms with Crippen molar-refractivity contribution in [2.75, 3.05) is 7.11 Å². The summed E-state index contributed by atoms with van der Waals surface area (Å²) in [7, 11) is 1.10. The van der Waals surface area contributed by atoms with E-state index in [2.05, 4.69) is 15.0 Å². The van der Waals surface area contributed by atoms with Gasteiger partial charge in [0.15, 0.2) is 17.2 Å². The molecule has 0 bridgehead atoms. The number of aromatic nitrogens is 2. The van der Waals surface area contributed by atoms with Crippen LogP contribution in [0.1, 0.15) is 24.7 Å². The molecule has 3 aromatic rings. The number of hydrogen-bond donors (Lipinski definition) is 2. The molecule has 0 saturated heterocycles. The standard InChI is InChI=1S/C23H20ClF5N4O2/c1-12-31-8-14-17(6-13(25)7-18(14)33-12)32-11-22(34,23(27,28)29)9-21(2,10-30)15-4-5-16(24)19(26)20(15)35-3/h4-8,10-11,30,34H,9H2,1-3H3. The van der Waals surface area contributed by atoms with Crippen molar-refractivity contribution in [3.05, 3.63) is 58.5 Å². The molecule has 12 heteroatoms. The lowest BCUT2D eigenvalue weighted by atomic mass is 9.74. The molecule has 0 saturated carbocycles. The number of methoxy groups -OCH3 is 1. The molecule has 2 atom stereocenters. The molecule has 35 heavy (non-hydrogen) atoms. The number of ether oxygens (including phenoxy) is 1. The summed E-state index contributed by atoms with van der Waals surface area (Å²) in [6.45, 7) is 2.76. The fourth-order valence-electron chi connectivity index (χ4n) is 3.64. The van der Waals surface area contributed by atoms with Gasteiger partial charge in [-0.25, -0.2) is 18.7 Å². The van der Waals surface area contributed by atoms with E-state index in [4.69, 9.17) is 21.7 Å². The highest BCUT2D eigenvalue weighted by atomic mass is 35.5. The minimum absolute atomic E-state index is 0.117. The Morgan fingerprint density at radius 3 is 2.51 bits per heavy atom. The quantitative estimate of drug-likeness (QED) is 0.304. The molecule has 6 nitrogen and oxygen atoms in total. The van der Waals surface area contributed by atoms with Crippen molar-refractivity contribution in [1.82, 2.24) is 9.97 Å². The van der Waals surface area contributed by atoms with Crippen molar-refractivity contribution < 1.29 is 31.8 Å². The summed E-state index contributed by atoms with van der Waals surface area (Å²) in [4.78, 5) is 11.7. The molecule has 1 heterocycles. The molecular weight excluding hydrogens is 495 g/mol. The second-order valence-corrected chi connectivity index (χ2v) is 8.54. The predicted octanol–water partition coefficient (Wildman–Crippen LogP) is 5.87. The van der Waals surface area contributed by atoms with Crippen LogP contribution in [0.2, 0.25) is 5.02 Å². The molecule has 2 aromatic carbocycles. The minimum atomic E-state index is -5.27. The highest BCUT2D eigenvalue weighted by Crippen LogP contribution is 2.44. The summed E-state index contributed by atoms with van der Waals surface area (Å²) < 4.78 is 75.9. The molecule has 0 aliphatic rings. The van der Waals surface area contributed by atoms with Crippen LogP contribution >= 0.6 is 11.6 Å². The third-order valence-electron chi connectivity index (χ3n) is 5.50. The maximum atomic E-state index is 14.5. The first-order valence-electron chi connectivity index (χ1n) is 10.1. The van der Waals surface area contributed by atoms with E-state index >= 15 is 0 Å². The summed E-state index contributed by atoms with van der Waals surface area (Å²) in [6, 6.07) is 4.27. The summed E-state index contributed by atoms with van der Waals surface area (Å²) in [5, 5.41) is 18.4. The van der Waals surface area contributed by atoms with Crippen LogP contribution in [0.4, 0.5) is 27.6 Å². The van der Waals surface area contributed by atoms with Crippen molar-refractivity contribution in [3.63, 3.8) is 0 Å². The fraction of sp³-hybridized carbons (Fsp3) is 0.304. The Morgan fingerprint density at radius 2 is 1.91 bits per heavy atom. The third-order valence-corrected chi connectivity index (χ3v) is 5.79. The van der Waals surface area contributed by atoms with E-state index in [1.807, 2.05) is 0 Å². The highest BCUT2D eigenvalue weighted by Gasteiger charge is 2.56. The van der Waals surface area contributed by atoms with Gasteiger partial charge in [-0.15, -0.1) is 0 Å². The Kier molecular flexibility index (Phi) is 7.14. The molecule has 0 aliphatic carbocycles. The van der Waals surface area contributed by atoms with Gasteiger partial charge in [-0.1, -0.05) is 24.6 Å². The van der Waals surface area contributed by atoms with Crippen LogP contribution in [-0.4, -0.2) is 46.4 Å². The maximum absolute atomic E-state index is 14.5. The number of nitrogens with zero attached hydrogens (tertiary/aromatic N) is 3. The largest absolute Gasteiger partial charge is 0.493 e. The fourth-order valence-corrected chi connectivity index (χ4v) is 3.79. The lowest BCUT2D eigenvalue weighted by Gasteiger charge is -2.36. The van der Waals surface area contributed by atoms with Crippen LogP contribution in [0, 0.1) is 24.0 Å². The first-order chi connectivity index (χ1) is 16.2. The number of rotatable bonds is 7. The van der Waals surface area contributed by atoms with E-state index in [9.17, 15) is 27.1 Å². The molecule has 2 unspecified atom stereocenters. The Hall–Kier alpha value is -3.18. The van der Waals surface area contributed by atoms with Gasteiger partial charge in [0.05, 0.1) is 23.3 Å². The van der Waals surface area contributed by atoms with E-state index in [-0.39, 0.29) is 33.4 Å². The monoisotopic (exact) mass is 514 g/mol. The van der Waals surface area contributed by atoms with E-state index < -0.39 is 41.0 Å². The zero-order valence-corrected chi connectivity index (χ0v) is 19.5. The SMILES string of the molecule is COc1c(C(C)(C=N)CC(O)(C=Nc2cc(F)cc3nc(C)ncc23)C(F)(F)F)ccc(Cl)c1F. The average molecular weight is 515 g/mol. The van der Waals surface area contributed by atoms with Crippen LogP contribution in [0.3, 0.4) is 0 Å². The number of halogens is 6. The van der Waals surface area contributed by atoms with E-state index in [1.54, 1.807) is 6.92 Å². The highest BCUT2D eigenvalue weighted by molar-refractivity contribution is 6.30. The number of hydrogen-bond acceptors (Lipinski definition) is 6. The Balaban J connectivity index is 2.13. The van der Waals surface area contributed by atoms with Crippen molar-refractivity contribution >= 4 is 40.6 Å². The van der Waals surface area contributed by atoms with Crippen LogP contribution in [-0.2, 0) is 5.41 Å². The van der Waals surface area contributed by atoms with Gasteiger partial charge in [0.1, 0.15) is 11.6 Å². The zero-order valence-electron chi connectivity index (χ0n) is 18.7. The van der Waals surface area contributed by atoms with Crippen molar-refractivity contribution in [2.45, 2.75) is 37.5 Å². The molecule has 186 valence electrons. The van der Waals surface area contributed by atoms with Gasteiger partial charge in [-0.05, 0) is 13.0 Å². The van der Waals surface area contributed by atoms with Crippen LogP contribution < -0.4 is 4.74 Å². The summed E-state index contributed by atoms with van der Waals surface area (Å²) >= 11 is 5.75. The zero-order chi connectivity index (χ0) is 26.2. The van der Waals surface area contributed by atoms with Crippen molar-refractivity contribution in [1.29, 1.82) is 5.41 Å². The second kappa shape index (κ2) is 9.46. The van der Waals surface area contributed by atoms with Gasteiger partial charge < -0.3 is 15.3 Å². The number of aliphatic hydroxyl groups is 1. The number of nitrogens with one attached hydrogen (secondary N) is 1. The Bertz CT molecular complexity index is 1310. The lowest BCUT2D eigenvalue weighted by molar-refractivity contribution is -0.233.